The van der Waals surface area contributed by atoms with Crippen LogP contribution in [0.25, 0.3) is 11.1 Å². The largest absolute Gasteiger partial charge is 0.0689 e. The minimum Gasteiger partial charge on any atom is -0.0689 e. The van der Waals surface area contributed by atoms with Gasteiger partial charge in [-0.15, -0.1) is 0 Å². The minimum absolute atomic E-state index is 0.372. The lowest BCUT2D eigenvalue weighted by atomic mass is 9.85. The molecule has 0 radical (unpaired) electrons. The highest BCUT2D eigenvalue weighted by atomic mass is 14.3. The van der Waals surface area contributed by atoms with Crippen LogP contribution in [0.5, 0.6) is 0 Å². The zero-order chi connectivity index (χ0) is 14.4. The molecule has 2 aromatic carbocycles. The molecule has 2 aromatic rings. The molecule has 0 amide bonds. The molecule has 21 heavy (non-hydrogen) atoms. The van der Waals surface area contributed by atoms with Crippen LogP contribution in [-0.4, -0.2) is 0 Å². The zero-order valence-electron chi connectivity index (χ0n) is 12.4. The number of rotatable bonds is 1. The van der Waals surface area contributed by atoms with Crippen LogP contribution in [0.4, 0.5) is 0 Å². The molecule has 0 fully saturated rings. The number of hydrogen-bond acceptors (Lipinski definition) is 0. The Morgan fingerprint density at radius 2 is 1.38 bits per heavy atom. The second kappa shape index (κ2) is 4.60. The van der Waals surface area contributed by atoms with Gasteiger partial charge in [0.25, 0.3) is 0 Å². The Labute approximate surface area is 126 Å². The van der Waals surface area contributed by atoms with Crippen molar-refractivity contribution in [2.24, 2.45) is 0 Å². The molecular formula is C21H18. The number of benzene rings is 2. The summed E-state index contributed by atoms with van der Waals surface area (Å²) >= 11 is 0. The predicted molar refractivity (Wildman–Crippen MR) is 89.3 cm³/mol. The van der Waals surface area contributed by atoms with Gasteiger partial charge in [0.05, 0.1) is 0 Å². The van der Waals surface area contributed by atoms with E-state index in [9.17, 15) is 0 Å². The van der Waals surface area contributed by atoms with E-state index in [1.807, 2.05) is 0 Å². The fraction of sp³-hybridized carbons (Fsp3) is 0.143. The average Bonchev–Trinajstić information content (AvgIpc) is 3.09. The lowest BCUT2D eigenvalue weighted by molar-refractivity contribution is 0.997. The summed E-state index contributed by atoms with van der Waals surface area (Å²) in [5.74, 6) is 0.372. The summed E-state index contributed by atoms with van der Waals surface area (Å²) in [5.41, 5.74) is 9.87. The highest BCUT2D eigenvalue weighted by Crippen LogP contribution is 2.50. The van der Waals surface area contributed by atoms with Gasteiger partial charge in [0, 0.05) is 5.92 Å². The quantitative estimate of drug-likeness (QED) is 0.630. The molecule has 0 bridgehead atoms. The van der Waals surface area contributed by atoms with Crippen molar-refractivity contribution in [1.82, 2.24) is 0 Å². The predicted octanol–water partition coefficient (Wildman–Crippen LogP) is 5.63. The summed E-state index contributed by atoms with van der Waals surface area (Å²) in [6.07, 6.45) is 6.71. The standard InChI is InChI=1S/C21H18/c1-14(2)15-12-7-13-18(15)21-19-10-5-3-8-16(19)17-9-4-6-11-20(17)21/h3-13,21H,1-2H3. The van der Waals surface area contributed by atoms with Gasteiger partial charge in [-0.05, 0) is 47.2 Å². The third-order valence-corrected chi connectivity index (χ3v) is 4.53. The topological polar surface area (TPSA) is 0 Å². The molecule has 2 aliphatic rings. The molecule has 0 heteroatoms. The summed E-state index contributed by atoms with van der Waals surface area (Å²) < 4.78 is 0. The van der Waals surface area contributed by atoms with Gasteiger partial charge in [-0.2, -0.15) is 0 Å². The Bertz CT molecular complexity index is 766. The summed E-state index contributed by atoms with van der Waals surface area (Å²) in [5, 5.41) is 0. The van der Waals surface area contributed by atoms with E-state index in [4.69, 9.17) is 0 Å². The molecule has 0 N–H and O–H groups in total. The van der Waals surface area contributed by atoms with Crippen LogP contribution in [0.1, 0.15) is 30.9 Å². The van der Waals surface area contributed by atoms with Crippen molar-refractivity contribution in [1.29, 1.82) is 0 Å². The van der Waals surface area contributed by atoms with E-state index < -0.39 is 0 Å². The van der Waals surface area contributed by atoms with Crippen LogP contribution in [-0.2, 0) is 0 Å². The van der Waals surface area contributed by atoms with Gasteiger partial charge in [0.15, 0.2) is 0 Å². The highest BCUT2D eigenvalue weighted by Gasteiger charge is 2.32. The van der Waals surface area contributed by atoms with Crippen molar-refractivity contribution in [3.05, 3.63) is 94.6 Å². The molecule has 0 aliphatic heterocycles. The monoisotopic (exact) mass is 270 g/mol. The average molecular weight is 270 g/mol. The van der Waals surface area contributed by atoms with E-state index in [1.54, 1.807) is 0 Å². The number of fused-ring (bicyclic) bond motifs is 3. The van der Waals surface area contributed by atoms with Crippen molar-refractivity contribution >= 4 is 0 Å². The zero-order valence-corrected chi connectivity index (χ0v) is 12.4. The smallest absolute Gasteiger partial charge is 0.0358 e. The minimum atomic E-state index is 0.372. The van der Waals surface area contributed by atoms with Crippen molar-refractivity contribution in [3.63, 3.8) is 0 Å². The van der Waals surface area contributed by atoms with Gasteiger partial charge < -0.3 is 0 Å². The molecule has 102 valence electrons. The second-order valence-electron chi connectivity index (χ2n) is 6.00. The summed E-state index contributed by atoms with van der Waals surface area (Å²) in [4.78, 5) is 0. The van der Waals surface area contributed by atoms with Crippen LogP contribution >= 0.6 is 0 Å². The fourth-order valence-corrected chi connectivity index (χ4v) is 3.63. The molecule has 0 aromatic heterocycles. The third kappa shape index (κ3) is 1.76. The van der Waals surface area contributed by atoms with Gasteiger partial charge >= 0.3 is 0 Å². The van der Waals surface area contributed by atoms with Gasteiger partial charge in [-0.1, -0.05) is 72.3 Å². The van der Waals surface area contributed by atoms with Crippen molar-refractivity contribution < 1.29 is 0 Å². The maximum absolute atomic E-state index is 2.28. The molecule has 0 unspecified atom stereocenters. The first kappa shape index (κ1) is 12.4. The van der Waals surface area contributed by atoms with E-state index in [0.29, 0.717) is 5.92 Å². The Morgan fingerprint density at radius 1 is 0.810 bits per heavy atom. The van der Waals surface area contributed by atoms with Crippen LogP contribution in [0, 0.1) is 0 Å². The van der Waals surface area contributed by atoms with E-state index in [2.05, 4.69) is 80.6 Å². The lowest BCUT2D eigenvalue weighted by Crippen LogP contribution is -2.02. The van der Waals surface area contributed by atoms with Gasteiger partial charge in [0.2, 0.25) is 0 Å². The SMILES string of the molecule is CC(C)=C1C=CC=C1C1c2ccccc2-c2ccccc21. The van der Waals surface area contributed by atoms with E-state index >= 15 is 0 Å². The Balaban J connectivity index is 1.97. The van der Waals surface area contributed by atoms with Crippen LogP contribution in [0.3, 0.4) is 0 Å². The van der Waals surface area contributed by atoms with Crippen molar-refractivity contribution in [2.45, 2.75) is 19.8 Å². The third-order valence-electron chi connectivity index (χ3n) is 4.53. The fourth-order valence-electron chi connectivity index (χ4n) is 3.63. The Morgan fingerprint density at radius 3 is 1.95 bits per heavy atom. The Hall–Kier alpha value is -2.34. The molecule has 0 saturated carbocycles. The Kier molecular flexibility index (Phi) is 2.71. The molecule has 0 nitrogen and oxygen atoms in total. The molecule has 0 spiro atoms. The summed E-state index contributed by atoms with van der Waals surface area (Å²) in [6, 6.07) is 17.6. The van der Waals surface area contributed by atoms with Crippen molar-refractivity contribution in [2.75, 3.05) is 0 Å². The first-order valence-electron chi connectivity index (χ1n) is 7.51. The van der Waals surface area contributed by atoms with Crippen LogP contribution < -0.4 is 0 Å². The van der Waals surface area contributed by atoms with E-state index in [1.165, 1.54) is 39.0 Å². The molecule has 0 heterocycles. The van der Waals surface area contributed by atoms with Crippen molar-refractivity contribution in [3.8, 4) is 11.1 Å². The summed E-state index contributed by atoms with van der Waals surface area (Å²) in [7, 11) is 0. The number of hydrogen-bond donors (Lipinski definition) is 0. The van der Waals surface area contributed by atoms with Crippen LogP contribution in [0.2, 0.25) is 0 Å². The molecule has 0 atom stereocenters. The van der Waals surface area contributed by atoms with Gasteiger partial charge in [0.1, 0.15) is 0 Å². The molecule has 4 rings (SSSR count). The van der Waals surface area contributed by atoms with Gasteiger partial charge in [-0.3, -0.25) is 0 Å². The van der Waals surface area contributed by atoms with Crippen LogP contribution in [0.15, 0.2) is 83.5 Å². The first-order chi connectivity index (χ1) is 10.3. The molecular weight excluding hydrogens is 252 g/mol. The highest BCUT2D eigenvalue weighted by molar-refractivity contribution is 5.82. The maximum atomic E-state index is 2.28. The first-order valence-corrected chi connectivity index (χ1v) is 7.51. The molecule has 0 saturated heterocycles. The lowest BCUT2D eigenvalue weighted by Gasteiger charge is -2.18. The second-order valence-corrected chi connectivity index (χ2v) is 6.00. The summed E-state index contributed by atoms with van der Waals surface area (Å²) in [6.45, 7) is 4.40. The van der Waals surface area contributed by atoms with E-state index in [0.717, 1.165) is 0 Å². The van der Waals surface area contributed by atoms with Gasteiger partial charge in [-0.25, -0.2) is 0 Å². The number of allylic oxidation sites excluding steroid dienone is 6. The maximum Gasteiger partial charge on any atom is 0.0358 e. The van der Waals surface area contributed by atoms with E-state index in [-0.39, 0.29) is 0 Å². The normalized spacial score (nSPS) is 15.9. The molecule has 2 aliphatic carbocycles.